The Labute approximate surface area is 128 Å². The first kappa shape index (κ1) is 14.4. The number of benzene rings is 1. The predicted octanol–water partition coefficient (Wildman–Crippen LogP) is 2.59. The number of hydrogen-bond donors (Lipinski definition) is 0. The Bertz CT molecular complexity index is 840. The number of hydrogen-bond acceptors (Lipinski definition) is 8. The van der Waals surface area contributed by atoms with Gasteiger partial charge in [0.05, 0.1) is 16.7 Å². The van der Waals surface area contributed by atoms with Gasteiger partial charge in [0.2, 0.25) is 0 Å². The molecule has 0 spiro atoms. The predicted molar refractivity (Wildman–Crippen MR) is 74.2 cm³/mol. The van der Waals surface area contributed by atoms with Crippen molar-refractivity contribution in [3.63, 3.8) is 0 Å². The second kappa shape index (κ2) is 6.10. The molecule has 0 radical (unpaired) electrons. The van der Waals surface area contributed by atoms with E-state index in [4.69, 9.17) is 13.6 Å². The highest BCUT2D eigenvalue weighted by Gasteiger charge is 2.15. The maximum absolute atomic E-state index is 11.9. The Morgan fingerprint density at radius 3 is 2.87 bits per heavy atom. The van der Waals surface area contributed by atoms with Crippen molar-refractivity contribution >= 4 is 11.7 Å². The van der Waals surface area contributed by atoms with Gasteiger partial charge in [-0.25, -0.2) is 4.79 Å². The molecule has 0 aliphatic rings. The lowest BCUT2D eigenvalue weighted by molar-refractivity contribution is -0.384. The van der Waals surface area contributed by atoms with E-state index >= 15 is 0 Å². The summed E-state index contributed by atoms with van der Waals surface area (Å²) >= 11 is 0. The molecule has 116 valence electrons. The average molecular weight is 315 g/mol. The summed E-state index contributed by atoms with van der Waals surface area (Å²) in [4.78, 5) is 22.0. The molecule has 2 aromatic heterocycles. The van der Waals surface area contributed by atoms with Crippen LogP contribution in [0.3, 0.4) is 0 Å². The van der Waals surface area contributed by atoms with Crippen LogP contribution in [0.25, 0.3) is 11.7 Å². The minimum absolute atomic E-state index is 0.0602. The lowest BCUT2D eigenvalue weighted by Crippen LogP contribution is -2.06. The zero-order valence-electron chi connectivity index (χ0n) is 11.5. The molecule has 3 rings (SSSR count). The van der Waals surface area contributed by atoms with Gasteiger partial charge in [-0.15, -0.1) is 10.2 Å². The van der Waals surface area contributed by atoms with E-state index in [1.54, 1.807) is 12.1 Å². The summed E-state index contributed by atoms with van der Waals surface area (Å²) in [6, 6.07) is 8.54. The van der Waals surface area contributed by atoms with E-state index < -0.39 is 10.9 Å². The number of carbonyl (C=O) groups is 1. The molecule has 9 nitrogen and oxygen atoms in total. The molecular weight excluding hydrogens is 306 g/mol. The van der Waals surface area contributed by atoms with Gasteiger partial charge in [-0.05, 0) is 18.2 Å². The molecule has 2 heterocycles. The molecule has 0 saturated heterocycles. The molecule has 0 amide bonds. The molecule has 0 N–H and O–H groups in total. The van der Waals surface area contributed by atoms with E-state index in [1.165, 1.54) is 24.5 Å². The van der Waals surface area contributed by atoms with Crippen LogP contribution < -0.4 is 0 Å². The van der Waals surface area contributed by atoms with Crippen molar-refractivity contribution in [2.24, 2.45) is 0 Å². The summed E-state index contributed by atoms with van der Waals surface area (Å²) in [6.07, 6.45) is 1.46. The summed E-state index contributed by atoms with van der Waals surface area (Å²) in [5, 5.41) is 18.2. The van der Waals surface area contributed by atoms with Gasteiger partial charge < -0.3 is 13.6 Å². The summed E-state index contributed by atoms with van der Waals surface area (Å²) in [5.74, 6) is -0.0909. The van der Waals surface area contributed by atoms with Crippen molar-refractivity contribution in [3.8, 4) is 11.7 Å². The Hall–Kier alpha value is -3.49. The average Bonchev–Trinajstić information content (AvgIpc) is 3.23. The van der Waals surface area contributed by atoms with Crippen molar-refractivity contribution in [3.05, 3.63) is 64.2 Å². The number of esters is 1. The van der Waals surface area contributed by atoms with Gasteiger partial charge in [0.15, 0.2) is 12.4 Å². The van der Waals surface area contributed by atoms with Crippen molar-refractivity contribution in [2.75, 3.05) is 0 Å². The highest BCUT2D eigenvalue weighted by atomic mass is 16.6. The molecular formula is C14H9N3O6. The van der Waals surface area contributed by atoms with Gasteiger partial charge in [0.1, 0.15) is 0 Å². The molecule has 0 atom stereocenters. The van der Waals surface area contributed by atoms with E-state index in [9.17, 15) is 14.9 Å². The van der Waals surface area contributed by atoms with E-state index in [2.05, 4.69) is 10.2 Å². The maximum atomic E-state index is 11.9. The number of carbonyl (C=O) groups excluding carboxylic acids is 1. The number of ether oxygens (including phenoxy) is 1. The Morgan fingerprint density at radius 2 is 2.13 bits per heavy atom. The van der Waals surface area contributed by atoms with Crippen molar-refractivity contribution in [1.82, 2.24) is 10.2 Å². The molecule has 23 heavy (non-hydrogen) atoms. The normalized spacial score (nSPS) is 10.4. The molecule has 3 aromatic rings. The fourth-order valence-corrected chi connectivity index (χ4v) is 1.77. The number of nitro groups is 1. The van der Waals surface area contributed by atoms with Crippen LogP contribution in [0.2, 0.25) is 0 Å². The Balaban J connectivity index is 1.65. The lowest BCUT2D eigenvalue weighted by atomic mass is 10.2. The molecule has 0 fully saturated rings. The smallest absolute Gasteiger partial charge is 0.338 e. The zero-order chi connectivity index (χ0) is 16.2. The minimum Gasteiger partial charge on any atom is -0.459 e. The molecule has 9 heteroatoms. The molecule has 0 unspecified atom stereocenters. The first-order valence-corrected chi connectivity index (χ1v) is 6.41. The minimum atomic E-state index is -0.730. The van der Waals surface area contributed by atoms with Gasteiger partial charge in [-0.3, -0.25) is 10.1 Å². The van der Waals surface area contributed by atoms with Crippen LogP contribution in [0.1, 0.15) is 16.2 Å². The number of rotatable bonds is 5. The van der Waals surface area contributed by atoms with E-state index in [0.29, 0.717) is 5.76 Å². The zero-order valence-corrected chi connectivity index (χ0v) is 11.5. The number of aromatic nitrogens is 2. The van der Waals surface area contributed by atoms with Crippen LogP contribution >= 0.6 is 0 Å². The van der Waals surface area contributed by atoms with Gasteiger partial charge >= 0.3 is 5.97 Å². The highest BCUT2D eigenvalue weighted by Crippen LogP contribution is 2.19. The topological polar surface area (TPSA) is 122 Å². The first-order chi connectivity index (χ1) is 11.1. The maximum Gasteiger partial charge on any atom is 0.338 e. The molecule has 0 aliphatic carbocycles. The van der Waals surface area contributed by atoms with Crippen molar-refractivity contribution in [1.29, 1.82) is 0 Å². The summed E-state index contributed by atoms with van der Waals surface area (Å²) < 4.78 is 15.4. The molecule has 0 saturated carbocycles. The summed E-state index contributed by atoms with van der Waals surface area (Å²) in [7, 11) is 0. The van der Waals surface area contributed by atoms with Crippen LogP contribution in [0.4, 0.5) is 5.69 Å². The van der Waals surface area contributed by atoms with Crippen molar-refractivity contribution in [2.45, 2.75) is 6.61 Å². The number of nitrogens with zero attached hydrogens (tertiary/aromatic N) is 3. The largest absolute Gasteiger partial charge is 0.459 e. The second-order valence-electron chi connectivity index (χ2n) is 4.36. The second-order valence-corrected chi connectivity index (χ2v) is 4.36. The van der Waals surface area contributed by atoms with E-state index in [0.717, 1.165) is 6.07 Å². The fourth-order valence-electron chi connectivity index (χ4n) is 1.77. The van der Waals surface area contributed by atoms with E-state index in [1.807, 2.05) is 0 Å². The van der Waals surface area contributed by atoms with Crippen LogP contribution in [-0.2, 0) is 11.3 Å². The fraction of sp³-hybridized carbons (Fsp3) is 0.0714. The third kappa shape index (κ3) is 3.23. The number of non-ortho nitro benzene ring substituents is 1. The number of furan rings is 1. The SMILES string of the molecule is O=C(OCc1nnc(-c2ccco2)o1)c1cccc([N+](=O)[O-])c1. The third-order valence-electron chi connectivity index (χ3n) is 2.82. The van der Waals surface area contributed by atoms with Crippen LogP contribution in [-0.4, -0.2) is 21.1 Å². The summed E-state index contributed by atoms with van der Waals surface area (Å²) in [5.41, 5.74) is -0.137. The van der Waals surface area contributed by atoms with Gasteiger partial charge in [0.25, 0.3) is 17.5 Å². The molecule has 0 bridgehead atoms. The molecule has 1 aromatic carbocycles. The monoisotopic (exact) mass is 315 g/mol. The van der Waals surface area contributed by atoms with Crippen LogP contribution in [0, 0.1) is 10.1 Å². The van der Waals surface area contributed by atoms with Gasteiger partial charge in [0, 0.05) is 12.1 Å². The Kier molecular flexibility index (Phi) is 3.83. The van der Waals surface area contributed by atoms with Crippen LogP contribution in [0.15, 0.2) is 51.5 Å². The quantitative estimate of drug-likeness (QED) is 0.400. The van der Waals surface area contributed by atoms with Crippen molar-refractivity contribution < 1.29 is 23.3 Å². The standard InChI is InChI=1S/C14H9N3O6/c18-14(9-3-1-4-10(7-9)17(19)20)22-8-12-15-16-13(23-12)11-5-2-6-21-11/h1-7H,8H2. The first-order valence-electron chi connectivity index (χ1n) is 6.41. The Morgan fingerprint density at radius 1 is 1.26 bits per heavy atom. The van der Waals surface area contributed by atoms with E-state index in [-0.39, 0.29) is 29.6 Å². The highest BCUT2D eigenvalue weighted by molar-refractivity contribution is 5.90. The third-order valence-corrected chi connectivity index (χ3v) is 2.82. The van der Waals surface area contributed by atoms with Gasteiger partial charge in [-0.1, -0.05) is 6.07 Å². The van der Waals surface area contributed by atoms with Crippen LogP contribution in [0.5, 0.6) is 0 Å². The number of nitro benzene ring substituents is 1. The van der Waals surface area contributed by atoms with Gasteiger partial charge in [-0.2, -0.15) is 0 Å². The molecule has 0 aliphatic heterocycles. The lowest BCUT2D eigenvalue weighted by Gasteiger charge is -2.01. The summed E-state index contributed by atoms with van der Waals surface area (Å²) in [6.45, 7) is -0.255.